The summed E-state index contributed by atoms with van der Waals surface area (Å²) >= 11 is 1.74. The van der Waals surface area contributed by atoms with E-state index < -0.39 is 0 Å². The Kier molecular flexibility index (Phi) is 4.35. The van der Waals surface area contributed by atoms with E-state index in [1.54, 1.807) is 24.5 Å². The molecule has 18 heavy (non-hydrogen) atoms. The Morgan fingerprint density at radius 1 is 1.61 bits per heavy atom. The number of nitrogens with zero attached hydrogens (tertiary/aromatic N) is 2. The highest BCUT2D eigenvalue weighted by molar-refractivity contribution is 7.09. The summed E-state index contributed by atoms with van der Waals surface area (Å²) in [5.74, 6) is 1.79. The van der Waals surface area contributed by atoms with Gasteiger partial charge in [-0.15, -0.1) is 11.3 Å². The minimum absolute atomic E-state index is 0.415. The molecule has 0 fully saturated rings. The van der Waals surface area contributed by atoms with Gasteiger partial charge < -0.3 is 15.5 Å². The number of aliphatic imine (C=N–C) groups is 1. The lowest BCUT2D eigenvalue weighted by Gasteiger charge is -2.03. The first-order valence-electron chi connectivity index (χ1n) is 5.71. The van der Waals surface area contributed by atoms with Crippen LogP contribution in [-0.4, -0.2) is 17.5 Å². The number of rotatable bonds is 5. The minimum atomic E-state index is 0.415. The van der Waals surface area contributed by atoms with E-state index in [1.165, 1.54) is 4.88 Å². The summed E-state index contributed by atoms with van der Waals surface area (Å²) in [6.45, 7) is 3.00. The van der Waals surface area contributed by atoms with Crippen molar-refractivity contribution >= 4 is 17.3 Å². The molecule has 0 saturated carbocycles. The quantitative estimate of drug-likeness (QED) is 0.636. The summed E-state index contributed by atoms with van der Waals surface area (Å²) in [6, 6.07) is 4.15. The van der Waals surface area contributed by atoms with Gasteiger partial charge in [0.1, 0.15) is 12.3 Å². The molecule has 0 radical (unpaired) electrons. The molecule has 2 heterocycles. The molecule has 0 spiro atoms. The van der Waals surface area contributed by atoms with Crippen LogP contribution < -0.4 is 11.1 Å². The first-order chi connectivity index (χ1) is 8.74. The minimum Gasteiger partial charge on any atom is -0.444 e. The Labute approximate surface area is 110 Å². The fourth-order valence-electron chi connectivity index (χ4n) is 1.47. The lowest BCUT2D eigenvalue weighted by molar-refractivity contribution is 0.477. The monoisotopic (exact) mass is 264 g/mol. The highest BCUT2D eigenvalue weighted by atomic mass is 32.1. The predicted octanol–water partition coefficient (Wildman–Crippen LogP) is 1.69. The van der Waals surface area contributed by atoms with E-state index in [0.29, 0.717) is 18.4 Å². The maximum atomic E-state index is 5.75. The van der Waals surface area contributed by atoms with E-state index in [4.69, 9.17) is 10.2 Å². The van der Waals surface area contributed by atoms with Crippen molar-refractivity contribution in [3.63, 3.8) is 0 Å². The second kappa shape index (κ2) is 6.20. The van der Waals surface area contributed by atoms with Crippen molar-refractivity contribution in [2.45, 2.75) is 19.9 Å². The third-order valence-corrected chi connectivity index (χ3v) is 3.27. The first kappa shape index (κ1) is 12.6. The average molecular weight is 264 g/mol. The molecule has 5 nitrogen and oxygen atoms in total. The second-order valence-electron chi connectivity index (χ2n) is 3.80. The molecule has 96 valence electrons. The van der Waals surface area contributed by atoms with Crippen LogP contribution in [0.15, 0.2) is 33.1 Å². The summed E-state index contributed by atoms with van der Waals surface area (Å²) in [4.78, 5) is 9.51. The second-order valence-corrected chi connectivity index (χ2v) is 4.84. The molecule has 0 aliphatic heterocycles. The van der Waals surface area contributed by atoms with Gasteiger partial charge >= 0.3 is 0 Å². The Morgan fingerprint density at radius 3 is 3.17 bits per heavy atom. The molecule has 0 amide bonds. The summed E-state index contributed by atoms with van der Waals surface area (Å²) in [5.41, 5.74) is 5.75. The zero-order valence-electron chi connectivity index (χ0n) is 10.2. The summed E-state index contributed by atoms with van der Waals surface area (Å²) in [7, 11) is 0. The lowest BCUT2D eigenvalue weighted by Crippen LogP contribution is -2.33. The predicted molar refractivity (Wildman–Crippen MR) is 72.6 cm³/mol. The van der Waals surface area contributed by atoms with Crippen molar-refractivity contribution in [2.24, 2.45) is 10.7 Å². The van der Waals surface area contributed by atoms with Crippen molar-refractivity contribution in [3.05, 3.63) is 40.2 Å². The molecule has 2 aromatic rings. The Balaban J connectivity index is 1.72. The molecule has 0 atom stereocenters. The van der Waals surface area contributed by atoms with Crippen molar-refractivity contribution < 1.29 is 4.42 Å². The Hall–Kier alpha value is -1.82. The van der Waals surface area contributed by atoms with Gasteiger partial charge in [0.25, 0.3) is 0 Å². The standard InChI is InChI=1S/C12H16N4OS/c1-9-15-7-10(17-9)8-16-12(13)14-5-4-11-3-2-6-18-11/h2-3,6-7H,4-5,8H2,1H3,(H3,13,14,16). The molecule has 2 aromatic heterocycles. The van der Waals surface area contributed by atoms with Crippen LogP contribution in [0.2, 0.25) is 0 Å². The number of nitrogens with one attached hydrogen (secondary N) is 1. The highest BCUT2D eigenvalue weighted by Gasteiger charge is 1.99. The summed E-state index contributed by atoms with van der Waals surface area (Å²) in [6.07, 6.45) is 2.62. The molecule has 0 aliphatic carbocycles. The summed E-state index contributed by atoms with van der Waals surface area (Å²) in [5, 5.41) is 5.14. The van der Waals surface area contributed by atoms with Crippen LogP contribution in [0.5, 0.6) is 0 Å². The van der Waals surface area contributed by atoms with Gasteiger partial charge in [-0.2, -0.15) is 0 Å². The maximum absolute atomic E-state index is 5.75. The maximum Gasteiger partial charge on any atom is 0.191 e. The molecule has 0 bridgehead atoms. The van der Waals surface area contributed by atoms with Crippen LogP contribution in [0, 0.1) is 6.92 Å². The smallest absolute Gasteiger partial charge is 0.191 e. The zero-order chi connectivity index (χ0) is 12.8. The van der Waals surface area contributed by atoms with Gasteiger partial charge in [-0.3, -0.25) is 0 Å². The Bertz CT molecular complexity index is 504. The van der Waals surface area contributed by atoms with Crippen LogP contribution in [0.1, 0.15) is 16.5 Å². The lowest BCUT2D eigenvalue weighted by atomic mass is 10.3. The first-order valence-corrected chi connectivity index (χ1v) is 6.59. The van der Waals surface area contributed by atoms with Gasteiger partial charge in [-0.05, 0) is 17.9 Å². The zero-order valence-corrected chi connectivity index (χ0v) is 11.0. The van der Waals surface area contributed by atoms with Gasteiger partial charge in [0.15, 0.2) is 11.9 Å². The van der Waals surface area contributed by atoms with Gasteiger partial charge in [0.05, 0.1) is 6.20 Å². The van der Waals surface area contributed by atoms with Crippen LogP contribution in [0.25, 0.3) is 0 Å². The van der Waals surface area contributed by atoms with Crippen molar-refractivity contribution in [2.75, 3.05) is 6.54 Å². The molecule has 3 N–H and O–H groups in total. The molecular formula is C12H16N4OS. The average Bonchev–Trinajstić information content (AvgIpc) is 2.98. The van der Waals surface area contributed by atoms with Gasteiger partial charge in [-0.1, -0.05) is 6.07 Å². The molecular weight excluding hydrogens is 248 g/mol. The number of nitrogens with two attached hydrogens (primary N) is 1. The summed E-state index contributed by atoms with van der Waals surface area (Å²) < 4.78 is 5.30. The van der Waals surface area contributed by atoms with Gasteiger partial charge in [0, 0.05) is 18.3 Å². The fourth-order valence-corrected chi connectivity index (χ4v) is 2.17. The number of thiophene rings is 1. The van der Waals surface area contributed by atoms with Crippen LogP contribution in [0.3, 0.4) is 0 Å². The van der Waals surface area contributed by atoms with Crippen molar-refractivity contribution in [1.82, 2.24) is 10.3 Å². The molecule has 0 aromatic carbocycles. The number of aromatic nitrogens is 1. The SMILES string of the molecule is Cc1ncc(CN=C(N)NCCc2cccs2)o1. The molecule has 0 saturated heterocycles. The molecule has 0 unspecified atom stereocenters. The van der Waals surface area contributed by atoms with Crippen LogP contribution in [-0.2, 0) is 13.0 Å². The molecule has 6 heteroatoms. The third kappa shape index (κ3) is 3.89. The van der Waals surface area contributed by atoms with E-state index in [1.807, 2.05) is 6.07 Å². The number of hydrogen-bond acceptors (Lipinski definition) is 4. The van der Waals surface area contributed by atoms with Crippen molar-refractivity contribution in [3.8, 4) is 0 Å². The van der Waals surface area contributed by atoms with E-state index in [9.17, 15) is 0 Å². The number of oxazole rings is 1. The third-order valence-electron chi connectivity index (χ3n) is 2.33. The number of guanidine groups is 1. The van der Waals surface area contributed by atoms with Crippen LogP contribution >= 0.6 is 11.3 Å². The number of aryl methyl sites for hydroxylation is 1. The fraction of sp³-hybridized carbons (Fsp3) is 0.333. The molecule has 0 aliphatic rings. The van der Waals surface area contributed by atoms with E-state index >= 15 is 0 Å². The van der Waals surface area contributed by atoms with E-state index in [-0.39, 0.29) is 0 Å². The normalized spacial score (nSPS) is 11.7. The van der Waals surface area contributed by atoms with E-state index in [2.05, 4.69) is 26.7 Å². The van der Waals surface area contributed by atoms with Gasteiger partial charge in [-0.25, -0.2) is 9.98 Å². The van der Waals surface area contributed by atoms with E-state index in [0.717, 1.165) is 18.7 Å². The topological polar surface area (TPSA) is 76.4 Å². The number of hydrogen-bond donors (Lipinski definition) is 2. The molecule has 2 rings (SSSR count). The highest BCUT2D eigenvalue weighted by Crippen LogP contribution is 2.08. The van der Waals surface area contributed by atoms with Crippen LogP contribution in [0.4, 0.5) is 0 Å². The van der Waals surface area contributed by atoms with Gasteiger partial charge in [0.2, 0.25) is 0 Å². The largest absolute Gasteiger partial charge is 0.444 e. The Morgan fingerprint density at radius 2 is 2.50 bits per heavy atom. The van der Waals surface area contributed by atoms with Crippen molar-refractivity contribution in [1.29, 1.82) is 0 Å².